The number of aliphatic hydroxyl groups excluding tert-OH is 2. The summed E-state index contributed by atoms with van der Waals surface area (Å²) in [6, 6.07) is 5.29. The molecule has 12 nitrogen and oxygen atoms in total. The van der Waals surface area contributed by atoms with Crippen molar-refractivity contribution in [3.63, 3.8) is 0 Å². The number of primary amides is 1. The molecule has 0 unspecified atom stereocenters. The van der Waals surface area contributed by atoms with Gasteiger partial charge in [0.1, 0.15) is 11.5 Å². The van der Waals surface area contributed by atoms with Crippen molar-refractivity contribution >= 4 is 29.1 Å². The van der Waals surface area contributed by atoms with Crippen LogP contribution < -0.4 is 11.1 Å². The van der Waals surface area contributed by atoms with Gasteiger partial charge in [0.15, 0.2) is 11.4 Å². The minimum Gasteiger partial charge on any atom is -0.507 e. The summed E-state index contributed by atoms with van der Waals surface area (Å²) in [5, 5.41) is 46.5. The maximum atomic E-state index is 13.9. The van der Waals surface area contributed by atoms with Gasteiger partial charge in [-0.2, -0.15) is 0 Å². The number of phenols is 1. The fraction of sp³-hybridized carbons (Fsp3) is 0.393. The van der Waals surface area contributed by atoms with Gasteiger partial charge in [0.05, 0.1) is 24.2 Å². The van der Waals surface area contributed by atoms with Gasteiger partial charge >= 0.3 is 0 Å². The van der Waals surface area contributed by atoms with E-state index < -0.39 is 59.7 Å². The number of pyridine rings is 1. The van der Waals surface area contributed by atoms with Crippen molar-refractivity contribution in [2.45, 2.75) is 37.5 Å². The molecule has 2 amide bonds. The van der Waals surface area contributed by atoms with E-state index >= 15 is 0 Å². The van der Waals surface area contributed by atoms with Gasteiger partial charge in [0, 0.05) is 36.5 Å². The van der Waals surface area contributed by atoms with E-state index in [0.717, 1.165) is 0 Å². The van der Waals surface area contributed by atoms with Crippen LogP contribution in [0.4, 0.5) is 0 Å². The molecule has 0 spiro atoms. The Hall–Kier alpha value is -4.13. The molecule has 4 rings (SSSR count). The van der Waals surface area contributed by atoms with Gasteiger partial charge in [0.2, 0.25) is 11.7 Å². The Kier molecular flexibility index (Phi) is 8.05. The number of ketones is 2. The van der Waals surface area contributed by atoms with E-state index in [0.29, 0.717) is 16.7 Å². The number of nitrogens with two attached hydrogens (primary N) is 1. The number of carbonyl (C=O) groups is 4. The minimum absolute atomic E-state index is 0.00782. The van der Waals surface area contributed by atoms with Crippen molar-refractivity contribution in [2.75, 3.05) is 20.7 Å². The third-order valence-corrected chi connectivity index (χ3v) is 7.84. The number of hydrogen-bond donors (Lipinski definition) is 6. The maximum absolute atomic E-state index is 13.9. The number of carbonyl (C=O) groups excluding carboxylic acids is 4. The number of aliphatic hydroxyl groups is 3. The molecule has 1 heterocycles. The second-order valence-corrected chi connectivity index (χ2v) is 10.4. The van der Waals surface area contributed by atoms with Gasteiger partial charge in [-0.3, -0.25) is 24.2 Å². The molecule has 1 saturated carbocycles. The molecule has 0 saturated heterocycles. The highest BCUT2D eigenvalue weighted by Gasteiger charge is 2.60. The number of amides is 2. The molecular formula is C28H32N4O8. The molecule has 40 heavy (non-hydrogen) atoms. The van der Waals surface area contributed by atoms with Crippen LogP contribution in [0.15, 0.2) is 42.2 Å². The van der Waals surface area contributed by atoms with Crippen LogP contribution in [0.1, 0.15) is 39.9 Å². The highest BCUT2D eigenvalue weighted by atomic mass is 16.3. The van der Waals surface area contributed by atoms with Gasteiger partial charge < -0.3 is 36.4 Å². The van der Waals surface area contributed by atoms with Crippen molar-refractivity contribution in [1.29, 1.82) is 0 Å². The lowest BCUT2D eigenvalue weighted by atomic mass is 9.59. The molecule has 0 bridgehead atoms. The Labute approximate surface area is 230 Å². The molecule has 1 aromatic carbocycles. The summed E-state index contributed by atoms with van der Waals surface area (Å²) in [5.74, 6) is -6.41. The summed E-state index contributed by atoms with van der Waals surface area (Å²) in [4.78, 5) is 56.6. The summed E-state index contributed by atoms with van der Waals surface area (Å²) in [5.41, 5.74) is 3.59. The normalized spacial score (nSPS) is 22.9. The average Bonchev–Trinajstić information content (AvgIpc) is 2.90. The monoisotopic (exact) mass is 552 g/mol. The van der Waals surface area contributed by atoms with Gasteiger partial charge in [-0.1, -0.05) is 6.07 Å². The number of hydrogen-bond acceptors (Lipinski definition) is 10. The first-order valence-electron chi connectivity index (χ1n) is 12.7. The summed E-state index contributed by atoms with van der Waals surface area (Å²) >= 11 is 0. The summed E-state index contributed by atoms with van der Waals surface area (Å²) in [7, 11) is 3.23. The number of benzene rings is 1. The molecule has 1 aromatic heterocycles. The number of fused-ring (bicyclic) bond motifs is 2. The number of nitrogens with zero attached hydrogens (tertiary/aromatic N) is 2. The zero-order valence-corrected chi connectivity index (χ0v) is 22.1. The van der Waals surface area contributed by atoms with Gasteiger partial charge in [-0.25, -0.2) is 0 Å². The second kappa shape index (κ2) is 11.2. The van der Waals surface area contributed by atoms with E-state index in [-0.39, 0.29) is 42.2 Å². The minimum atomic E-state index is -2.74. The topological polar surface area (TPSA) is 203 Å². The Balaban J connectivity index is 1.78. The zero-order chi connectivity index (χ0) is 29.4. The Morgan fingerprint density at radius 2 is 1.95 bits per heavy atom. The molecule has 7 N–H and O–H groups in total. The third-order valence-electron chi connectivity index (χ3n) is 7.84. The maximum Gasteiger partial charge on any atom is 0.253 e. The summed E-state index contributed by atoms with van der Waals surface area (Å²) in [6.07, 6.45) is 2.17. The molecule has 2 aliphatic rings. The van der Waals surface area contributed by atoms with Crippen LogP contribution in [0.3, 0.4) is 0 Å². The highest BCUT2D eigenvalue weighted by molar-refractivity contribution is 6.23. The first kappa shape index (κ1) is 28.9. The average molecular weight is 553 g/mol. The van der Waals surface area contributed by atoms with Crippen molar-refractivity contribution in [3.05, 3.63) is 64.5 Å². The smallest absolute Gasteiger partial charge is 0.253 e. The van der Waals surface area contributed by atoms with Crippen LogP contribution in [0.25, 0.3) is 5.76 Å². The molecular weight excluding hydrogens is 520 g/mol. The first-order chi connectivity index (χ1) is 18.9. The lowest BCUT2D eigenvalue weighted by Crippen LogP contribution is -2.64. The van der Waals surface area contributed by atoms with Crippen LogP contribution in [-0.2, 0) is 27.3 Å². The van der Waals surface area contributed by atoms with Crippen molar-refractivity contribution in [2.24, 2.45) is 17.6 Å². The molecule has 0 radical (unpaired) electrons. The molecule has 12 heteroatoms. The van der Waals surface area contributed by atoms with E-state index in [1.54, 1.807) is 43.4 Å². The summed E-state index contributed by atoms with van der Waals surface area (Å²) in [6.45, 7) is -0.459. The summed E-state index contributed by atoms with van der Waals surface area (Å²) < 4.78 is 0. The van der Waals surface area contributed by atoms with E-state index in [9.17, 15) is 39.6 Å². The van der Waals surface area contributed by atoms with E-state index in [4.69, 9.17) is 5.73 Å². The molecule has 4 atom stereocenters. The number of nitrogens with one attached hydrogen (secondary N) is 1. The van der Waals surface area contributed by atoms with Crippen molar-refractivity contribution < 1.29 is 39.6 Å². The van der Waals surface area contributed by atoms with E-state index in [2.05, 4.69) is 10.3 Å². The fourth-order valence-corrected chi connectivity index (χ4v) is 5.85. The van der Waals surface area contributed by atoms with Crippen LogP contribution in [0.5, 0.6) is 5.75 Å². The molecule has 0 aliphatic heterocycles. The number of likely N-dealkylation sites (N-methyl/N-ethyl adjacent to an activating group) is 1. The van der Waals surface area contributed by atoms with Gasteiger partial charge in [-0.05, 0) is 62.2 Å². The number of aromatic hydroxyl groups is 1. The lowest BCUT2D eigenvalue weighted by molar-refractivity contribution is -0.163. The lowest BCUT2D eigenvalue weighted by Gasteiger charge is -2.47. The highest BCUT2D eigenvalue weighted by Crippen LogP contribution is 2.49. The predicted octanol–water partition coefficient (Wildman–Crippen LogP) is -0.154. The van der Waals surface area contributed by atoms with Crippen molar-refractivity contribution in [3.8, 4) is 5.75 Å². The van der Waals surface area contributed by atoms with Crippen LogP contribution in [0.2, 0.25) is 0 Å². The largest absolute Gasteiger partial charge is 0.507 e. The number of aromatic nitrogens is 1. The van der Waals surface area contributed by atoms with Gasteiger partial charge in [0.25, 0.3) is 5.91 Å². The Morgan fingerprint density at radius 3 is 2.55 bits per heavy atom. The van der Waals surface area contributed by atoms with Crippen LogP contribution in [-0.4, -0.2) is 86.0 Å². The SMILES string of the molecule is CN(C)[C@H](CO)[C@@H]1C[C@@H]2Cc3c(CNC(=O)c4cccnc4)ccc(O)c3C(O)=C2C(=O)[C@]1(O)C(=O)CC(N)=O. The molecule has 1 fully saturated rings. The number of phenolic OH excluding ortho intramolecular Hbond substituents is 1. The molecule has 2 aliphatic carbocycles. The zero-order valence-electron chi connectivity index (χ0n) is 22.1. The predicted molar refractivity (Wildman–Crippen MR) is 142 cm³/mol. The Bertz CT molecular complexity index is 1390. The molecule has 2 aromatic rings. The number of rotatable bonds is 9. The molecule has 212 valence electrons. The fourth-order valence-electron chi connectivity index (χ4n) is 5.85. The third kappa shape index (κ3) is 4.96. The second-order valence-electron chi connectivity index (χ2n) is 10.4. The standard InChI is InChI=1S/C28H32N4O8/c1-32(2)19(13-33)18-9-16-8-17-14(12-31-27(39)15-4-3-7-30-11-15)5-6-20(34)24(17)25(37)23(16)26(38)28(18,40)21(35)10-22(29)36/h3-7,11,16,18-19,33-34,37,40H,8-10,12-13H2,1-2H3,(H2,29,36)(H,31,39)/t16-,18-,19+,28+/m0/s1. The van der Waals surface area contributed by atoms with Gasteiger partial charge in [-0.15, -0.1) is 0 Å². The van der Waals surface area contributed by atoms with Crippen molar-refractivity contribution in [1.82, 2.24) is 15.2 Å². The van der Waals surface area contributed by atoms with Crippen LogP contribution in [0, 0.1) is 11.8 Å². The quantitative estimate of drug-likeness (QED) is 0.227. The number of Topliss-reactive ketones (excluding diaryl/α,β-unsaturated/α-hetero) is 2. The van der Waals surface area contributed by atoms with Crippen LogP contribution >= 0.6 is 0 Å². The first-order valence-corrected chi connectivity index (χ1v) is 12.7. The Morgan fingerprint density at radius 1 is 1.23 bits per heavy atom. The van der Waals surface area contributed by atoms with E-state index in [1.807, 2.05) is 0 Å². The van der Waals surface area contributed by atoms with E-state index in [1.165, 1.54) is 12.3 Å².